The maximum Gasteiger partial charge on any atom is -0.0386 e. The minimum Gasteiger partial charge on any atom is -0.0776 e. The third-order valence-corrected chi connectivity index (χ3v) is 7.68. The quantitative estimate of drug-likeness (QED) is 0.482. The molecule has 0 radical (unpaired) electrons. The summed E-state index contributed by atoms with van der Waals surface area (Å²) < 4.78 is 0. The number of rotatable bonds is 3. The summed E-state index contributed by atoms with van der Waals surface area (Å²) in [5.74, 6) is 6.54. The molecule has 3 fully saturated rings. The summed E-state index contributed by atoms with van der Waals surface area (Å²) >= 11 is 0. The van der Waals surface area contributed by atoms with Gasteiger partial charge in [0.25, 0.3) is 0 Å². The third kappa shape index (κ3) is 6.06. The van der Waals surface area contributed by atoms with Crippen molar-refractivity contribution >= 4 is 0 Å². The maximum atomic E-state index is 2.46. The Morgan fingerprint density at radius 2 is 0.792 bits per heavy atom. The van der Waals surface area contributed by atoms with E-state index in [-0.39, 0.29) is 22.3 Å². The largest absolute Gasteiger partial charge is 0.0776 e. The van der Waals surface area contributed by atoms with E-state index in [4.69, 9.17) is 0 Å². The Hall–Kier alpha value is 0. The van der Waals surface area contributed by atoms with Crippen LogP contribution in [0, 0.1) is 35.5 Å². The molecule has 3 saturated carbocycles. The Kier molecular flexibility index (Phi) is 11.6. The van der Waals surface area contributed by atoms with Gasteiger partial charge in [0.1, 0.15) is 0 Å². The molecule has 3 aliphatic carbocycles. The van der Waals surface area contributed by atoms with Gasteiger partial charge in [-0.25, -0.2) is 0 Å². The predicted octanol–water partition coefficient (Wildman–Crippen LogP) is 8.74. The fraction of sp³-hybridized carbons (Fsp3) is 1.00. The van der Waals surface area contributed by atoms with E-state index in [1.807, 2.05) is 0 Å². The predicted molar refractivity (Wildman–Crippen MR) is 113 cm³/mol. The SMILES string of the molecule is C.C.C.CCC1CCC(C2CCC(C3CCC(C)CC3)CC2)CC1. The van der Waals surface area contributed by atoms with Crippen LogP contribution in [0.5, 0.6) is 0 Å². The fourth-order valence-electron chi connectivity index (χ4n) is 5.91. The van der Waals surface area contributed by atoms with Gasteiger partial charge in [0, 0.05) is 0 Å². The molecule has 0 atom stereocenters. The van der Waals surface area contributed by atoms with Crippen molar-refractivity contribution in [3.63, 3.8) is 0 Å². The molecule has 0 aromatic rings. The molecule has 146 valence electrons. The minimum absolute atomic E-state index is 0. The molecule has 3 aliphatic rings. The fourth-order valence-corrected chi connectivity index (χ4v) is 5.91. The monoisotopic (exact) mass is 338 g/mol. The Morgan fingerprint density at radius 1 is 0.500 bits per heavy atom. The lowest BCUT2D eigenvalue weighted by atomic mass is 9.65. The summed E-state index contributed by atoms with van der Waals surface area (Å²) in [6.45, 7) is 4.85. The number of hydrogen-bond acceptors (Lipinski definition) is 0. The van der Waals surface area contributed by atoms with Gasteiger partial charge in [-0.05, 0) is 86.9 Å². The van der Waals surface area contributed by atoms with Crippen molar-refractivity contribution in [2.45, 2.75) is 120 Å². The van der Waals surface area contributed by atoms with Gasteiger partial charge in [-0.1, -0.05) is 68.2 Å². The average molecular weight is 339 g/mol. The van der Waals surface area contributed by atoms with Crippen LogP contribution in [0.25, 0.3) is 0 Å². The van der Waals surface area contributed by atoms with Crippen LogP contribution >= 0.6 is 0 Å². The molecule has 0 aliphatic heterocycles. The van der Waals surface area contributed by atoms with Gasteiger partial charge in [-0.2, -0.15) is 0 Å². The van der Waals surface area contributed by atoms with Gasteiger partial charge in [0.15, 0.2) is 0 Å². The second-order valence-electron chi connectivity index (χ2n) is 8.88. The van der Waals surface area contributed by atoms with E-state index in [2.05, 4.69) is 13.8 Å². The van der Waals surface area contributed by atoms with Gasteiger partial charge >= 0.3 is 0 Å². The van der Waals surface area contributed by atoms with E-state index in [9.17, 15) is 0 Å². The topological polar surface area (TPSA) is 0 Å². The van der Waals surface area contributed by atoms with E-state index in [1.54, 1.807) is 64.2 Å². The third-order valence-electron chi connectivity index (χ3n) is 7.68. The molecular weight excluding hydrogens is 288 g/mol. The zero-order chi connectivity index (χ0) is 14.7. The van der Waals surface area contributed by atoms with E-state index >= 15 is 0 Å². The molecule has 0 heterocycles. The van der Waals surface area contributed by atoms with Crippen LogP contribution in [0.2, 0.25) is 0 Å². The highest BCUT2D eigenvalue weighted by atomic mass is 14.4. The highest BCUT2D eigenvalue weighted by Gasteiger charge is 2.33. The van der Waals surface area contributed by atoms with Crippen molar-refractivity contribution in [3.8, 4) is 0 Å². The summed E-state index contributed by atoms with van der Waals surface area (Å²) in [6, 6.07) is 0. The molecular formula is C24H50. The highest BCUT2D eigenvalue weighted by molar-refractivity contribution is 4.85. The van der Waals surface area contributed by atoms with E-state index in [0.29, 0.717) is 0 Å². The number of hydrogen-bond donors (Lipinski definition) is 0. The Bertz CT molecular complexity index is 283. The molecule has 0 unspecified atom stereocenters. The van der Waals surface area contributed by atoms with Gasteiger partial charge in [-0.15, -0.1) is 0 Å². The molecule has 0 aromatic carbocycles. The van der Waals surface area contributed by atoms with Crippen LogP contribution in [0.1, 0.15) is 120 Å². The second-order valence-corrected chi connectivity index (χ2v) is 8.88. The lowest BCUT2D eigenvalue weighted by Gasteiger charge is -2.41. The van der Waals surface area contributed by atoms with E-state index in [0.717, 1.165) is 35.5 Å². The van der Waals surface area contributed by atoms with Crippen LogP contribution in [0.15, 0.2) is 0 Å². The average Bonchev–Trinajstić information content (AvgIpc) is 2.56. The summed E-state index contributed by atoms with van der Waals surface area (Å²) in [7, 11) is 0. The lowest BCUT2D eigenvalue weighted by Crippen LogP contribution is -2.29. The van der Waals surface area contributed by atoms with Crippen molar-refractivity contribution in [3.05, 3.63) is 0 Å². The smallest absolute Gasteiger partial charge is 0.0386 e. The summed E-state index contributed by atoms with van der Waals surface area (Å²) in [5.41, 5.74) is 0. The second kappa shape index (κ2) is 11.6. The molecule has 0 bridgehead atoms. The van der Waals surface area contributed by atoms with Crippen LogP contribution in [0.3, 0.4) is 0 Å². The van der Waals surface area contributed by atoms with Crippen molar-refractivity contribution < 1.29 is 0 Å². The van der Waals surface area contributed by atoms with Gasteiger partial charge in [0.2, 0.25) is 0 Å². The molecule has 24 heavy (non-hydrogen) atoms. The molecule has 0 amide bonds. The normalized spacial score (nSPS) is 39.8. The standard InChI is InChI=1S/C21H38.3CH4/c1-3-17-6-10-19(11-7-17)21-14-12-20(13-15-21)18-8-4-16(2)5-9-18;;;/h16-21H,3-15H2,1-2H3;3*1H4. The van der Waals surface area contributed by atoms with Gasteiger partial charge < -0.3 is 0 Å². The van der Waals surface area contributed by atoms with Crippen LogP contribution < -0.4 is 0 Å². The first-order chi connectivity index (χ1) is 10.3. The first kappa shape index (κ1) is 24.0. The minimum atomic E-state index is 0. The summed E-state index contributed by atoms with van der Waals surface area (Å²) in [5, 5.41) is 0. The van der Waals surface area contributed by atoms with Crippen LogP contribution in [-0.4, -0.2) is 0 Å². The molecule has 0 saturated heterocycles. The van der Waals surface area contributed by atoms with Crippen LogP contribution in [-0.2, 0) is 0 Å². The van der Waals surface area contributed by atoms with Crippen molar-refractivity contribution in [2.24, 2.45) is 35.5 Å². The lowest BCUT2D eigenvalue weighted by molar-refractivity contribution is 0.106. The first-order valence-corrected chi connectivity index (χ1v) is 10.3. The summed E-state index contributed by atoms with van der Waals surface area (Å²) in [4.78, 5) is 0. The van der Waals surface area contributed by atoms with Crippen molar-refractivity contribution in [2.75, 3.05) is 0 Å². The molecule has 0 aromatic heterocycles. The summed E-state index contributed by atoms with van der Waals surface area (Å²) in [6.07, 6.45) is 20.1. The van der Waals surface area contributed by atoms with Crippen molar-refractivity contribution in [1.82, 2.24) is 0 Å². The molecule has 0 heteroatoms. The van der Waals surface area contributed by atoms with E-state index < -0.39 is 0 Å². The van der Waals surface area contributed by atoms with Crippen molar-refractivity contribution in [1.29, 1.82) is 0 Å². The first-order valence-electron chi connectivity index (χ1n) is 10.3. The Balaban J connectivity index is 0.00000176. The zero-order valence-electron chi connectivity index (χ0n) is 14.7. The molecule has 0 spiro atoms. The van der Waals surface area contributed by atoms with E-state index in [1.165, 1.54) is 19.3 Å². The molecule has 0 N–H and O–H groups in total. The Morgan fingerprint density at radius 3 is 1.12 bits per heavy atom. The Labute approximate surface area is 155 Å². The maximum absolute atomic E-state index is 2.46. The zero-order valence-corrected chi connectivity index (χ0v) is 14.7. The van der Waals surface area contributed by atoms with Gasteiger partial charge in [0.05, 0.1) is 0 Å². The highest BCUT2D eigenvalue weighted by Crippen LogP contribution is 2.46. The van der Waals surface area contributed by atoms with Crippen LogP contribution in [0.4, 0.5) is 0 Å². The molecule has 0 nitrogen and oxygen atoms in total. The molecule has 3 rings (SSSR count). The van der Waals surface area contributed by atoms with Gasteiger partial charge in [-0.3, -0.25) is 0 Å².